The molecule has 0 aliphatic rings. The number of rotatable bonds is 8. The predicted molar refractivity (Wildman–Crippen MR) is 107 cm³/mol. The van der Waals surface area contributed by atoms with E-state index in [0.29, 0.717) is 29.5 Å². The number of ether oxygens (including phenoxy) is 2. The van der Waals surface area contributed by atoms with E-state index in [1.54, 1.807) is 26.4 Å². The van der Waals surface area contributed by atoms with E-state index in [1.165, 1.54) is 0 Å². The second-order valence-electron chi connectivity index (χ2n) is 5.48. The number of carbonyl (C=O) groups is 1. The molecule has 0 aliphatic carbocycles. The summed E-state index contributed by atoms with van der Waals surface area (Å²) in [7, 11) is 5.00. The van der Waals surface area contributed by atoms with Gasteiger partial charge in [-0.15, -0.1) is 12.4 Å². The van der Waals surface area contributed by atoms with Crippen LogP contribution in [-0.2, 0) is 4.79 Å². The van der Waals surface area contributed by atoms with Crippen molar-refractivity contribution in [2.24, 2.45) is 0 Å². The minimum absolute atomic E-state index is 0. The molecular weight excluding hydrogens is 375 g/mol. The molecule has 0 spiro atoms. The molecule has 0 radical (unpaired) electrons. The second kappa shape index (κ2) is 10.9. The topological polar surface area (TPSA) is 59.6 Å². The molecule has 5 nitrogen and oxygen atoms in total. The number of nitrogens with one attached hydrogen (secondary N) is 2. The first kappa shape index (κ1) is 22.1. The Balaban J connectivity index is 0.00000338. The minimum Gasteiger partial charge on any atom is -0.497 e. The van der Waals surface area contributed by atoms with Crippen LogP contribution in [0.15, 0.2) is 42.5 Å². The smallest absolute Gasteiger partial charge is 0.222 e. The molecule has 0 heterocycles. The van der Waals surface area contributed by atoms with Crippen molar-refractivity contribution in [3.8, 4) is 11.5 Å². The molecule has 0 saturated heterocycles. The highest BCUT2D eigenvalue weighted by Gasteiger charge is 2.22. The van der Waals surface area contributed by atoms with Gasteiger partial charge in [-0.05, 0) is 30.8 Å². The van der Waals surface area contributed by atoms with Crippen molar-refractivity contribution in [3.05, 3.63) is 58.6 Å². The van der Waals surface area contributed by atoms with E-state index < -0.39 is 6.04 Å². The van der Waals surface area contributed by atoms with Crippen LogP contribution in [0.25, 0.3) is 0 Å². The monoisotopic (exact) mass is 398 g/mol. The van der Waals surface area contributed by atoms with E-state index in [2.05, 4.69) is 10.6 Å². The van der Waals surface area contributed by atoms with Crippen LogP contribution in [0.5, 0.6) is 11.5 Å². The molecule has 2 aromatic carbocycles. The van der Waals surface area contributed by atoms with Gasteiger partial charge in [-0.2, -0.15) is 0 Å². The van der Waals surface area contributed by atoms with Crippen LogP contribution in [0.4, 0.5) is 0 Å². The lowest BCUT2D eigenvalue weighted by Gasteiger charge is -2.23. The number of halogens is 2. The molecule has 0 saturated carbocycles. The van der Waals surface area contributed by atoms with Crippen LogP contribution >= 0.6 is 24.0 Å². The zero-order valence-corrected chi connectivity index (χ0v) is 16.6. The van der Waals surface area contributed by atoms with Crippen LogP contribution in [0.1, 0.15) is 23.6 Å². The molecule has 2 N–H and O–H groups in total. The summed E-state index contributed by atoms with van der Waals surface area (Å²) >= 11 is 6.38. The van der Waals surface area contributed by atoms with E-state index in [9.17, 15) is 4.79 Å². The van der Waals surface area contributed by atoms with Gasteiger partial charge < -0.3 is 20.1 Å². The molecule has 26 heavy (non-hydrogen) atoms. The Bertz CT molecular complexity index is 726. The van der Waals surface area contributed by atoms with Crippen molar-refractivity contribution in [2.75, 3.05) is 27.8 Å². The van der Waals surface area contributed by atoms with Crippen LogP contribution in [0.2, 0.25) is 5.02 Å². The molecule has 7 heteroatoms. The van der Waals surface area contributed by atoms with Crippen LogP contribution < -0.4 is 20.1 Å². The van der Waals surface area contributed by atoms with Gasteiger partial charge in [-0.1, -0.05) is 29.8 Å². The van der Waals surface area contributed by atoms with E-state index in [4.69, 9.17) is 21.1 Å². The fourth-order valence-corrected chi connectivity index (χ4v) is 2.81. The molecular formula is C19H24Cl2N2O3. The number of benzene rings is 2. The van der Waals surface area contributed by atoms with Gasteiger partial charge in [0.05, 0.1) is 20.3 Å². The maximum Gasteiger partial charge on any atom is 0.222 e. The third-order valence-corrected chi connectivity index (χ3v) is 4.22. The summed E-state index contributed by atoms with van der Waals surface area (Å²) in [5.74, 6) is 1.23. The average Bonchev–Trinajstić information content (AvgIpc) is 2.64. The third-order valence-electron chi connectivity index (χ3n) is 3.88. The first-order valence-electron chi connectivity index (χ1n) is 8.01. The molecule has 0 aromatic heterocycles. The van der Waals surface area contributed by atoms with Gasteiger partial charge in [0.25, 0.3) is 0 Å². The number of hydrogen-bond acceptors (Lipinski definition) is 4. The van der Waals surface area contributed by atoms with Crippen LogP contribution in [0, 0.1) is 0 Å². The number of methoxy groups -OCH3 is 2. The Morgan fingerprint density at radius 3 is 2.46 bits per heavy atom. The minimum atomic E-state index is -0.418. The van der Waals surface area contributed by atoms with Crippen molar-refractivity contribution in [1.82, 2.24) is 10.6 Å². The zero-order chi connectivity index (χ0) is 18.2. The first-order valence-corrected chi connectivity index (χ1v) is 8.38. The third kappa shape index (κ3) is 5.53. The van der Waals surface area contributed by atoms with Gasteiger partial charge in [-0.25, -0.2) is 0 Å². The predicted octanol–water partition coefficient (Wildman–Crippen LogP) is 3.59. The quantitative estimate of drug-likeness (QED) is 0.712. The summed E-state index contributed by atoms with van der Waals surface area (Å²) in [5, 5.41) is 6.61. The Morgan fingerprint density at radius 1 is 1.12 bits per heavy atom. The summed E-state index contributed by atoms with van der Waals surface area (Å²) in [6.07, 6.45) is 0.371. The first-order chi connectivity index (χ1) is 12.1. The molecule has 0 aliphatic heterocycles. The van der Waals surface area contributed by atoms with Gasteiger partial charge in [-0.3, -0.25) is 4.79 Å². The van der Waals surface area contributed by atoms with Crippen LogP contribution in [-0.4, -0.2) is 33.7 Å². The van der Waals surface area contributed by atoms with E-state index in [-0.39, 0.29) is 18.3 Å². The Labute approximate surface area is 165 Å². The molecule has 2 aromatic rings. The number of carbonyl (C=O) groups excluding carboxylic acids is 1. The Kier molecular flexibility index (Phi) is 9.27. The van der Waals surface area contributed by atoms with Gasteiger partial charge in [0, 0.05) is 29.6 Å². The molecule has 2 rings (SSSR count). The second-order valence-corrected chi connectivity index (χ2v) is 5.89. The Morgan fingerprint density at radius 2 is 1.85 bits per heavy atom. The maximum atomic E-state index is 12.3. The molecule has 0 fully saturated rings. The molecule has 1 amide bonds. The van der Waals surface area contributed by atoms with Crippen molar-refractivity contribution < 1.29 is 14.3 Å². The lowest BCUT2D eigenvalue weighted by molar-refractivity contribution is -0.121. The summed E-state index contributed by atoms with van der Waals surface area (Å²) in [4.78, 5) is 12.3. The normalized spacial score (nSPS) is 11.2. The van der Waals surface area contributed by atoms with Gasteiger partial charge in [0.1, 0.15) is 11.5 Å². The summed E-state index contributed by atoms with van der Waals surface area (Å²) < 4.78 is 10.8. The lowest BCUT2D eigenvalue weighted by atomic mass is 9.97. The fraction of sp³-hybridized carbons (Fsp3) is 0.316. The largest absolute Gasteiger partial charge is 0.497 e. The number of hydrogen-bond donors (Lipinski definition) is 2. The fourth-order valence-electron chi connectivity index (χ4n) is 2.56. The van der Waals surface area contributed by atoms with Crippen LogP contribution in [0.3, 0.4) is 0 Å². The number of amides is 1. The van der Waals surface area contributed by atoms with Gasteiger partial charge >= 0.3 is 0 Å². The highest BCUT2D eigenvalue weighted by molar-refractivity contribution is 6.31. The Hall–Kier alpha value is -1.95. The highest BCUT2D eigenvalue weighted by Crippen LogP contribution is 2.35. The summed E-state index contributed by atoms with van der Waals surface area (Å²) in [5.41, 5.74) is 1.62. The summed E-state index contributed by atoms with van der Waals surface area (Å²) in [6, 6.07) is 12.5. The summed E-state index contributed by atoms with van der Waals surface area (Å²) in [6.45, 7) is 0.598. The molecule has 1 atom stereocenters. The van der Waals surface area contributed by atoms with Crippen molar-refractivity contribution >= 4 is 29.9 Å². The van der Waals surface area contributed by atoms with E-state index >= 15 is 0 Å². The van der Waals surface area contributed by atoms with E-state index in [0.717, 1.165) is 11.1 Å². The van der Waals surface area contributed by atoms with Gasteiger partial charge in [0.15, 0.2) is 0 Å². The lowest BCUT2D eigenvalue weighted by Crippen LogP contribution is -2.31. The average molecular weight is 399 g/mol. The van der Waals surface area contributed by atoms with Crippen molar-refractivity contribution in [1.29, 1.82) is 0 Å². The van der Waals surface area contributed by atoms with Gasteiger partial charge in [0.2, 0.25) is 5.91 Å². The van der Waals surface area contributed by atoms with Crippen molar-refractivity contribution in [2.45, 2.75) is 12.5 Å². The standard InChI is InChI=1S/C19H23ClN2O3.ClH/c1-21-11-10-18(23)22-19(14-6-4-5-7-16(14)20)15-9-8-13(24-2)12-17(15)25-3;/h4-9,12,19,21H,10-11H2,1-3H3,(H,22,23);1H. The molecule has 142 valence electrons. The van der Waals surface area contributed by atoms with Crippen molar-refractivity contribution in [3.63, 3.8) is 0 Å². The van der Waals surface area contributed by atoms with E-state index in [1.807, 2.05) is 37.4 Å². The molecule has 1 unspecified atom stereocenters. The SMILES string of the molecule is CNCCC(=O)NC(c1ccccc1Cl)c1ccc(OC)cc1OC.Cl. The highest BCUT2D eigenvalue weighted by atomic mass is 35.5. The maximum absolute atomic E-state index is 12.3. The molecule has 0 bridgehead atoms. The zero-order valence-electron chi connectivity index (χ0n) is 15.0.